The van der Waals surface area contributed by atoms with Gasteiger partial charge in [-0.2, -0.15) is 0 Å². The molecule has 0 saturated carbocycles. The molecule has 118 valence electrons. The molecule has 1 heterocycles. The van der Waals surface area contributed by atoms with Crippen LogP contribution in [0.5, 0.6) is 0 Å². The molecule has 2 rings (SSSR count). The van der Waals surface area contributed by atoms with E-state index in [-0.39, 0.29) is 5.78 Å². The van der Waals surface area contributed by atoms with Gasteiger partial charge >= 0.3 is 0 Å². The van der Waals surface area contributed by atoms with Crippen molar-refractivity contribution in [3.63, 3.8) is 0 Å². The zero-order valence-electron chi connectivity index (χ0n) is 13.9. The maximum Gasteiger partial charge on any atom is 0.163 e. The van der Waals surface area contributed by atoms with Crippen LogP contribution < -0.4 is 5.73 Å². The van der Waals surface area contributed by atoms with Crippen molar-refractivity contribution >= 4 is 22.3 Å². The summed E-state index contributed by atoms with van der Waals surface area (Å²) in [5, 5.41) is 1.17. The van der Waals surface area contributed by atoms with E-state index in [1.165, 1.54) is 10.9 Å². The summed E-state index contributed by atoms with van der Waals surface area (Å²) in [5.41, 5.74) is 10.5. The Kier molecular flexibility index (Phi) is 5.03. The minimum atomic E-state index is 0.0111. The predicted octanol–water partition coefficient (Wildman–Crippen LogP) is 2.94. The zero-order chi connectivity index (χ0) is 16.3. The van der Waals surface area contributed by atoms with Gasteiger partial charge in [0.25, 0.3) is 0 Å². The zero-order valence-corrected chi connectivity index (χ0v) is 13.9. The molecule has 0 saturated heterocycles. The van der Waals surface area contributed by atoms with E-state index in [4.69, 9.17) is 5.73 Å². The highest BCUT2D eigenvalue weighted by Crippen LogP contribution is 2.30. The third kappa shape index (κ3) is 3.22. The Balaban J connectivity index is 2.65. The summed E-state index contributed by atoms with van der Waals surface area (Å²) in [6.45, 7) is 4.48. The highest BCUT2D eigenvalue weighted by atomic mass is 16.1. The van der Waals surface area contributed by atoms with Crippen LogP contribution >= 0.6 is 0 Å². The second-order valence-electron chi connectivity index (χ2n) is 5.89. The molecule has 4 heteroatoms. The van der Waals surface area contributed by atoms with Crippen LogP contribution in [-0.4, -0.2) is 36.3 Å². The lowest BCUT2D eigenvalue weighted by Gasteiger charge is -2.13. The van der Waals surface area contributed by atoms with E-state index in [1.807, 2.05) is 25.1 Å². The van der Waals surface area contributed by atoms with Gasteiger partial charge in [0.1, 0.15) is 0 Å². The van der Waals surface area contributed by atoms with Gasteiger partial charge in [-0.3, -0.25) is 4.79 Å². The van der Waals surface area contributed by atoms with Crippen molar-refractivity contribution in [1.29, 1.82) is 0 Å². The fourth-order valence-corrected chi connectivity index (χ4v) is 2.75. The van der Waals surface area contributed by atoms with Gasteiger partial charge in [0.15, 0.2) is 5.78 Å². The molecule has 4 nitrogen and oxygen atoms in total. The Hall–Kier alpha value is -2.07. The lowest BCUT2D eigenvalue weighted by molar-refractivity contribution is -0.111. The van der Waals surface area contributed by atoms with Crippen LogP contribution in [-0.2, 0) is 11.2 Å². The summed E-state index contributed by atoms with van der Waals surface area (Å²) in [4.78, 5) is 17.7. The van der Waals surface area contributed by atoms with E-state index >= 15 is 0 Å². The fraction of sp³-hybridized carbons (Fsp3) is 0.389. The molecule has 0 unspecified atom stereocenters. The highest BCUT2D eigenvalue weighted by molar-refractivity contribution is 6.21. The molecule has 0 fully saturated rings. The first-order valence-corrected chi connectivity index (χ1v) is 7.70. The van der Waals surface area contributed by atoms with Gasteiger partial charge in [0.05, 0.1) is 11.3 Å². The van der Waals surface area contributed by atoms with Crippen LogP contribution in [0.25, 0.3) is 16.5 Å². The molecule has 0 spiro atoms. The molecular weight excluding hydrogens is 274 g/mol. The Bertz CT molecular complexity index is 710. The van der Waals surface area contributed by atoms with Crippen LogP contribution in [0.3, 0.4) is 0 Å². The van der Waals surface area contributed by atoms with Crippen molar-refractivity contribution < 1.29 is 4.79 Å². The van der Waals surface area contributed by atoms with E-state index < -0.39 is 0 Å². The number of likely N-dealkylation sites (N-methyl/N-ethyl adjacent to an activating group) is 1. The van der Waals surface area contributed by atoms with Gasteiger partial charge in [-0.15, -0.1) is 0 Å². The predicted molar refractivity (Wildman–Crippen MR) is 92.6 cm³/mol. The number of nitrogens with one attached hydrogen (secondary N) is 1. The second kappa shape index (κ2) is 6.79. The number of hydrogen-bond acceptors (Lipinski definition) is 3. The number of benzene rings is 1. The molecule has 0 aliphatic rings. The molecule has 2 aromatic rings. The standard InChI is InChI=1S/C18H25N3O/c1-5-15(19)17(12(2)22)18-14(10-11-21(3)4)13-8-6-7-9-16(13)20-18/h6-9,20H,5,10-11,19H2,1-4H3. The third-order valence-corrected chi connectivity index (χ3v) is 3.93. The molecule has 22 heavy (non-hydrogen) atoms. The fourth-order valence-electron chi connectivity index (χ4n) is 2.75. The first kappa shape index (κ1) is 16.3. The normalized spacial score (nSPS) is 12.8. The number of allylic oxidation sites excluding steroid dienone is 2. The maximum atomic E-state index is 12.1. The molecule has 0 amide bonds. The number of Topliss-reactive ketones (excluding diaryl/α,β-unsaturated/α-hetero) is 1. The largest absolute Gasteiger partial charge is 0.401 e. The SMILES string of the molecule is CCC(N)=C(C(C)=O)c1[nH]c2ccccc2c1CCN(C)C. The van der Waals surface area contributed by atoms with Crippen molar-refractivity contribution in [3.8, 4) is 0 Å². The van der Waals surface area contributed by atoms with E-state index in [9.17, 15) is 4.79 Å². The van der Waals surface area contributed by atoms with Crippen LogP contribution in [0.4, 0.5) is 0 Å². The minimum Gasteiger partial charge on any atom is -0.401 e. The van der Waals surface area contributed by atoms with Crippen molar-refractivity contribution in [2.75, 3.05) is 20.6 Å². The lowest BCUT2D eigenvalue weighted by atomic mass is 9.98. The smallest absolute Gasteiger partial charge is 0.163 e. The van der Waals surface area contributed by atoms with E-state index in [2.05, 4.69) is 30.0 Å². The number of nitrogens with zero attached hydrogens (tertiary/aromatic N) is 1. The summed E-state index contributed by atoms with van der Waals surface area (Å²) >= 11 is 0. The average molecular weight is 299 g/mol. The molecule has 0 aliphatic heterocycles. The van der Waals surface area contributed by atoms with Crippen molar-refractivity contribution in [2.45, 2.75) is 26.7 Å². The van der Waals surface area contributed by atoms with Crippen LogP contribution in [0.2, 0.25) is 0 Å². The monoisotopic (exact) mass is 299 g/mol. The molecule has 1 aromatic heterocycles. The Labute approximate surface area is 132 Å². The van der Waals surface area contributed by atoms with Gasteiger partial charge in [0.2, 0.25) is 0 Å². The number of aromatic nitrogens is 1. The molecule has 0 atom stereocenters. The molecule has 0 radical (unpaired) electrons. The number of rotatable bonds is 6. The number of carbonyl (C=O) groups excluding carboxylic acids is 1. The Morgan fingerprint density at radius 2 is 1.95 bits per heavy atom. The van der Waals surface area contributed by atoms with Crippen LogP contribution in [0.15, 0.2) is 30.0 Å². The van der Waals surface area contributed by atoms with Crippen LogP contribution in [0, 0.1) is 0 Å². The lowest BCUT2D eigenvalue weighted by Crippen LogP contribution is -2.16. The van der Waals surface area contributed by atoms with Gasteiger partial charge in [-0.25, -0.2) is 0 Å². The number of hydrogen-bond donors (Lipinski definition) is 2. The van der Waals surface area contributed by atoms with Crippen LogP contribution in [0.1, 0.15) is 31.5 Å². The summed E-state index contributed by atoms with van der Waals surface area (Å²) in [6, 6.07) is 8.16. The van der Waals surface area contributed by atoms with Gasteiger partial charge in [-0.1, -0.05) is 25.1 Å². The first-order chi connectivity index (χ1) is 10.5. The van der Waals surface area contributed by atoms with Gasteiger partial charge in [0, 0.05) is 23.1 Å². The quantitative estimate of drug-likeness (QED) is 0.806. The Morgan fingerprint density at radius 1 is 1.27 bits per heavy atom. The first-order valence-electron chi connectivity index (χ1n) is 7.70. The summed E-state index contributed by atoms with van der Waals surface area (Å²) in [5.74, 6) is 0.0111. The topological polar surface area (TPSA) is 62.1 Å². The summed E-state index contributed by atoms with van der Waals surface area (Å²) in [7, 11) is 4.10. The molecule has 3 N–H and O–H groups in total. The highest BCUT2D eigenvalue weighted by Gasteiger charge is 2.19. The molecule has 1 aromatic carbocycles. The molecular formula is C18H25N3O. The summed E-state index contributed by atoms with van der Waals surface area (Å²) < 4.78 is 0. The van der Waals surface area contributed by atoms with E-state index in [1.54, 1.807) is 6.92 Å². The number of fused-ring (bicyclic) bond motifs is 1. The number of aromatic amines is 1. The van der Waals surface area contributed by atoms with Crippen molar-refractivity contribution in [2.24, 2.45) is 5.73 Å². The maximum absolute atomic E-state index is 12.1. The summed E-state index contributed by atoms with van der Waals surface area (Å²) in [6.07, 6.45) is 1.54. The van der Waals surface area contributed by atoms with E-state index in [0.717, 1.165) is 24.2 Å². The van der Waals surface area contributed by atoms with E-state index in [0.29, 0.717) is 17.7 Å². The minimum absolute atomic E-state index is 0.0111. The molecule has 0 bridgehead atoms. The van der Waals surface area contributed by atoms with Gasteiger partial charge < -0.3 is 15.6 Å². The molecule has 0 aliphatic carbocycles. The third-order valence-electron chi connectivity index (χ3n) is 3.93. The van der Waals surface area contributed by atoms with Crippen molar-refractivity contribution in [3.05, 3.63) is 41.2 Å². The van der Waals surface area contributed by atoms with Crippen molar-refractivity contribution in [1.82, 2.24) is 9.88 Å². The number of H-pyrrole nitrogens is 1. The Morgan fingerprint density at radius 3 is 2.55 bits per heavy atom. The number of nitrogens with two attached hydrogens (primary N) is 1. The number of para-hydroxylation sites is 1. The second-order valence-corrected chi connectivity index (χ2v) is 5.89. The number of ketones is 1. The average Bonchev–Trinajstić information content (AvgIpc) is 2.82. The number of carbonyl (C=O) groups is 1. The van der Waals surface area contributed by atoms with Gasteiger partial charge in [-0.05, 0) is 45.5 Å².